The molecule has 100 valence electrons. The molecule has 1 aromatic rings. The maximum Gasteiger partial charge on any atom is 0.250 e. The first-order valence-electron chi connectivity index (χ1n) is 6.81. The van der Waals surface area contributed by atoms with Crippen LogP contribution in [0.15, 0.2) is 29.2 Å². The molecule has 4 nitrogen and oxygen atoms in total. The van der Waals surface area contributed by atoms with Crippen molar-refractivity contribution in [3.63, 3.8) is 0 Å². The monoisotopic (exact) mass is 250 g/mol. The first kappa shape index (κ1) is 13.3. The van der Waals surface area contributed by atoms with Crippen molar-refractivity contribution in [3.8, 4) is 0 Å². The maximum atomic E-state index is 11.6. The molecule has 0 amide bonds. The third kappa shape index (κ3) is 3.43. The lowest BCUT2D eigenvalue weighted by molar-refractivity contribution is 0.115. The van der Waals surface area contributed by atoms with Gasteiger partial charge in [0.15, 0.2) is 0 Å². The summed E-state index contributed by atoms with van der Waals surface area (Å²) in [6, 6.07) is 5.75. The molecule has 1 aliphatic rings. The number of rotatable bonds is 5. The van der Waals surface area contributed by atoms with Gasteiger partial charge in [0.25, 0.3) is 5.56 Å². The number of aromatic nitrogens is 1. The van der Waals surface area contributed by atoms with Gasteiger partial charge in [-0.05, 0) is 31.9 Å². The third-order valence-corrected chi connectivity index (χ3v) is 3.74. The van der Waals surface area contributed by atoms with Crippen molar-refractivity contribution < 1.29 is 5.11 Å². The molecule has 1 atom stereocenters. The number of likely N-dealkylation sites (tertiary alicyclic amines) is 1. The molecule has 2 heterocycles. The molecule has 1 aliphatic heterocycles. The van der Waals surface area contributed by atoms with E-state index in [4.69, 9.17) is 5.11 Å². The minimum absolute atomic E-state index is 0.0632. The summed E-state index contributed by atoms with van der Waals surface area (Å²) in [5.74, 6) is 0. The van der Waals surface area contributed by atoms with Gasteiger partial charge < -0.3 is 9.67 Å². The Balaban J connectivity index is 1.92. The Morgan fingerprint density at radius 3 is 2.94 bits per heavy atom. The number of aliphatic hydroxyl groups excluding tert-OH is 1. The second-order valence-electron chi connectivity index (χ2n) is 4.93. The van der Waals surface area contributed by atoms with Crippen molar-refractivity contribution in [1.82, 2.24) is 9.47 Å². The Morgan fingerprint density at radius 1 is 1.28 bits per heavy atom. The predicted octanol–water partition coefficient (Wildman–Crippen LogP) is 1.09. The zero-order valence-corrected chi connectivity index (χ0v) is 10.8. The average Bonchev–Trinajstić information content (AvgIpc) is 2.40. The standard InChI is InChI=1S/C14H22N2O2/c17-12-7-13-5-1-3-8-15(13)10-11-16-9-4-2-6-14(16)18/h2,4,6,9,13,17H,1,3,5,7-8,10-12H2. The molecule has 0 radical (unpaired) electrons. The number of hydrogen-bond acceptors (Lipinski definition) is 3. The number of aliphatic hydroxyl groups is 1. The van der Waals surface area contributed by atoms with Crippen LogP contribution in [0, 0.1) is 0 Å². The van der Waals surface area contributed by atoms with Gasteiger partial charge in [-0.25, -0.2) is 0 Å². The topological polar surface area (TPSA) is 45.5 Å². The van der Waals surface area contributed by atoms with E-state index in [1.165, 1.54) is 19.3 Å². The van der Waals surface area contributed by atoms with Crippen molar-refractivity contribution in [1.29, 1.82) is 0 Å². The Kier molecular flexibility index (Phi) is 4.96. The summed E-state index contributed by atoms with van der Waals surface area (Å²) in [7, 11) is 0. The van der Waals surface area contributed by atoms with Crippen LogP contribution >= 0.6 is 0 Å². The molecule has 2 rings (SSSR count). The van der Waals surface area contributed by atoms with E-state index in [-0.39, 0.29) is 12.2 Å². The molecule has 1 saturated heterocycles. The van der Waals surface area contributed by atoms with E-state index in [1.807, 2.05) is 12.3 Å². The lowest BCUT2D eigenvalue weighted by Gasteiger charge is -2.35. The van der Waals surface area contributed by atoms with E-state index in [0.29, 0.717) is 6.04 Å². The van der Waals surface area contributed by atoms with Crippen molar-refractivity contribution in [2.75, 3.05) is 19.7 Å². The molecule has 0 bridgehead atoms. The van der Waals surface area contributed by atoms with Crippen LogP contribution in [-0.2, 0) is 6.54 Å². The third-order valence-electron chi connectivity index (χ3n) is 3.74. The Morgan fingerprint density at radius 2 is 2.17 bits per heavy atom. The molecule has 18 heavy (non-hydrogen) atoms. The molecule has 1 N–H and O–H groups in total. The molecule has 1 aromatic heterocycles. The summed E-state index contributed by atoms with van der Waals surface area (Å²) in [5.41, 5.74) is 0.0632. The second kappa shape index (κ2) is 6.71. The highest BCUT2D eigenvalue weighted by Gasteiger charge is 2.21. The van der Waals surface area contributed by atoms with E-state index in [9.17, 15) is 4.79 Å². The van der Waals surface area contributed by atoms with Crippen molar-refractivity contribution in [2.24, 2.45) is 0 Å². The number of piperidine rings is 1. The number of hydrogen-bond donors (Lipinski definition) is 1. The quantitative estimate of drug-likeness (QED) is 0.850. The van der Waals surface area contributed by atoms with E-state index in [1.54, 1.807) is 16.7 Å². The van der Waals surface area contributed by atoms with Gasteiger partial charge in [0, 0.05) is 38.0 Å². The first-order chi connectivity index (χ1) is 8.81. The van der Waals surface area contributed by atoms with Crippen LogP contribution in [0.4, 0.5) is 0 Å². The van der Waals surface area contributed by atoms with Gasteiger partial charge in [-0.3, -0.25) is 9.69 Å². The molecular weight excluding hydrogens is 228 g/mol. The molecular formula is C14H22N2O2. The summed E-state index contributed by atoms with van der Waals surface area (Å²) in [4.78, 5) is 14.0. The van der Waals surface area contributed by atoms with Gasteiger partial charge in [-0.2, -0.15) is 0 Å². The van der Waals surface area contributed by atoms with Crippen LogP contribution in [0.25, 0.3) is 0 Å². The summed E-state index contributed by atoms with van der Waals surface area (Å²) in [6.07, 6.45) is 6.35. The minimum Gasteiger partial charge on any atom is -0.396 e. The summed E-state index contributed by atoms with van der Waals surface area (Å²) < 4.78 is 1.75. The van der Waals surface area contributed by atoms with Crippen LogP contribution in [0.3, 0.4) is 0 Å². The Hall–Kier alpha value is -1.13. The number of nitrogens with zero attached hydrogens (tertiary/aromatic N) is 2. The molecule has 0 spiro atoms. The first-order valence-corrected chi connectivity index (χ1v) is 6.81. The summed E-state index contributed by atoms with van der Waals surface area (Å²) in [5, 5.41) is 9.08. The average molecular weight is 250 g/mol. The highest BCUT2D eigenvalue weighted by molar-refractivity contribution is 4.93. The highest BCUT2D eigenvalue weighted by Crippen LogP contribution is 2.19. The lowest BCUT2D eigenvalue weighted by atomic mass is 10.00. The second-order valence-corrected chi connectivity index (χ2v) is 4.93. The van der Waals surface area contributed by atoms with Crippen LogP contribution in [0.1, 0.15) is 25.7 Å². The van der Waals surface area contributed by atoms with Crippen LogP contribution in [0.2, 0.25) is 0 Å². The van der Waals surface area contributed by atoms with Crippen molar-refractivity contribution in [3.05, 3.63) is 34.7 Å². The zero-order chi connectivity index (χ0) is 12.8. The van der Waals surface area contributed by atoms with E-state index in [0.717, 1.165) is 26.1 Å². The van der Waals surface area contributed by atoms with Gasteiger partial charge in [0.2, 0.25) is 0 Å². The largest absolute Gasteiger partial charge is 0.396 e. The van der Waals surface area contributed by atoms with Crippen LogP contribution < -0.4 is 5.56 Å². The Labute approximate surface area is 108 Å². The van der Waals surface area contributed by atoms with Gasteiger partial charge in [0.05, 0.1) is 0 Å². The summed E-state index contributed by atoms with van der Waals surface area (Å²) in [6.45, 7) is 2.98. The SMILES string of the molecule is O=c1ccccn1CCN1CCCCC1CCO. The van der Waals surface area contributed by atoms with Gasteiger partial charge >= 0.3 is 0 Å². The van der Waals surface area contributed by atoms with Gasteiger partial charge in [-0.1, -0.05) is 12.5 Å². The Bertz CT molecular complexity index is 414. The molecule has 1 unspecified atom stereocenters. The maximum absolute atomic E-state index is 11.6. The fourth-order valence-corrected chi connectivity index (χ4v) is 2.71. The fourth-order valence-electron chi connectivity index (χ4n) is 2.71. The molecule has 0 saturated carbocycles. The molecule has 0 aromatic carbocycles. The fraction of sp³-hybridized carbons (Fsp3) is 0.643. The van der Waals surface area contributed by atoms with Crippen LogP contribution in [-0.4, -0.2) is 40.3 Å². The number of pyridine rings is 1. The summed E-state index contributed by atoms with van der Waals surface area (Å²) >= 11 is 0. The zero-order valence-electron chi connectivity index (χ0n) is 10.8. The molecule has 1 fully saturated rings. The van der Waals surface area contributed by atoms with Crippen molar-refractivity contribution >= 4 is 0 Å². The van der Waals surface area contributed by atoms with E-state index >= 15 is 0 Å². The normalized spacial score (nSPS) is 21.1. The minimum atomic E-state index is 0.0632. The van der Waals surface area contributed by atoms with E-state index < -0.39 is 0 Å². The smallest absolute Gasteiger partial charge is 0.250 e. The molecule has 4 heteroatoms. The molecule has 0 aliphatic carbocycles. The van der Waals surface area contributed by atoms with Gasteiger partial charge in [0.1, 0.15) is 0 Å². The van der Waals surface area contributed by atoms with Gasteiger partial charge in [-0.15, -0.1) is 0 Å². The highest BCUT2D eigenvalue weighted by atomic mass is 16.3. The predicted molar refractivity (Wildman–Crippen MR) is 71.6 cm³/mol. The van der Waals surface area contributed by atoms with Crippen molar-refractivity contribution in [2.45, 2.75) is 38.3 Å². The lowest BCUT2D eigenvalue weighted by Crippen LogP contribution is -2.42. The van der Waals surface area contributed by atoms with Crippen LogP contribution in [0.5, 0.6) is 0 Å². The van der Waals surface area contributed by atoms with E-state index in [2.05, 4.69) is 4.90 Å².